The SMILES string of the molecule is CC1(C(=O)Nc2ccccc2)CCN(CCOc2ccccc2F)CC1. The van der Waals surface area contributed by atoms with E-state index in [9.17, 15) is 9.18 Å². The minimum atomic E-state index is -0.362. The Hall–Kier alpha value is -2.40. The summed E-state index contributed by atoms with van der Waals surface area (Å²) in [5, 5.41) is 3.01. The molecule has 0 aliphatic carbocycles. The Balaban J connectivity index is 1.44. The lowest BCUT2D eigenvalue weighted by Gasteiger charge is -2.38. The zero-order chi connectivity index (χ0) is 18.4. The second-order valence-electron chi connectivity index (χ2n) is 7.00. The van der Waals surface area contributed by atoms with E-state index in [1.165, 1.54) is 6.07 Å². The number of ether oxygens (including phenoxy) is 1. The molecule has 138 valence electrons. The van der Waals surface area contributed by atoms with Crippen LogP contribution in [0.15, 0.2) is 54.6 Å². The summed E-state index contributed by atoms with van der Waals surface area (Å²) in [5.41, 5.74) is 0.470. The second kappa shape index (κ2) is 8.32. The zero-order valence-corrected chi connectivity index (χ0v) is 15.1. The minimum Gasteiger partial charge on any atom is -0.489 e. The molecule has 0 saturated carbocycles. The highest BCUT2D eigenvalue weighted by Crippen LogP contribution is 2.32. The van der Waals surface area contributed by atoms with Crippen molar-refractivity contribution < 1.29 is 13.9 Å². The normalized spacial score (nSPS) is 16.8. The molecule has 0 spiro atoms. The van der Waals surface area contributed by atoms with Crippen LogP contribution in [0.25, 0.3) is 0 Å². The van der Waals surface area contributed by atoms with Gasteiger partial charge in [0.05, 0.1) is 0 Å². The predicted octanol–water partition coefficient (Wildman–Crippen LogP) is 3.95. The quantitative estimate of drug-likeness (QED) is 0.852. The Morgan fingerprint density at radius 1 is 1.12 bits per heavy atom. The Kier molecular flexibility index (Phi) is 5.89. The topological polar surface area (TPSA) is 41.6 Å². The highest BCUT2D eigenvalue weighted by atomic mass is 19.1. The molecule has 0 aromatic heterocycles. The fourth-order valence-electron chi connectivity index (χ4n) is 3.15. The number of nitrogens with zero attached hydrogens (tertiary/aromatic N) is 1. The van der Waals surface area contributed by atoms with Gasteiger partial charge in [-0.15, -0.1) is 0 Å². The summed E-state index contributed by atoms with van der Waals surface area (Å²) in [6, 6.07) is 16.0. The predicted molar refractivity (Wildman–Crippen MR) is 101 cm³/mol. The number of piperidine rings is 1. The largest absolute Gasteiger partial charge is 0.489 e. The molecule has 3 rings (SSSR count). The van der Waals surface area contributed by atoms with E-state index in [0.717, 1.165) is 38.2 Å². The number of carbonyl (C=O) groups excluding carboxylic acids is 1. The molecule has 2 aromatic carbocycles. The summed E-state index contributed by atoms with van der Waals surface area (Å²) >= 11 is 0. The van der Waals surface area contributed by atoms with Crippen LogP contribution >= 0.6 is 0 Å². The van der Waals surface area contributed by atoms with Crippen molar-refractivity contribution in [1.82, 2.24) is 4.90 Å². The van der Waals surface area contributed by atoms with Gasteiger partial charge in [-0.1, -0.05) is 37.3 Å². The first kappa shape index (κ1) is 18.4. The van der Waals surface area contributed by atoms with Crippen molar-refractivity contribution in [3.63, 3.8) is 0 Å². The van der Waals surface area contributed by atoms with Crippen molar-refractivity contribution in [2.45, 2.75) is 19.8 Å². The maximum atomic E-state index is 13.5. The van der Waals surface area contributed by atoms with Crippen molar-refractivity contribution >= 4 is 11.6 Å². The van der Waals surface area contributed by atoms with E-state index in [0.29, 0.717) is 6.61 Å². The van der Waals surface area contributed by atoms with Gasteiger partial charge < -0.3 is 10.1 Å². The highest BCUT2D eigenvalue weighted by Gasteiger charge is 2.36. The number of carbonyl (C=O) groups is 1. The molecule has 1 N–H and O–H groups in total. The zero-order valence-electron chi connectivity index (χ0n) is 15.1. The smallest absolute Gasteiger partial charge is 0.230 e. The number of hydrogen-bond donors (Lipinski definition) is 1. The molecule has 4 nitrogen and oxygen atoms in total. The number of para-hydroxylation sites is 2. The summed E-state index contributed by atoms with van der Waals surface area (Å²) in [5.74, 6) is 0.0267. The third kappa shape index (κ3) is 4.61. The number of amides is 1. The average molecular weight is 356 g/mol. The fourth-order valence-corrected chi connectivity index (χ4v) is 3.15. The van der Waals surface area contributed by atoms with E-state index in [-0.39, 0.29) is 22.9 Å². The minimum absolute atomic E-state index is 0.0750. The standard InChI is InChI=1S/C21H25FN2O2/c1-21(20(25)23-17-7-3-2-4-8-17)11-13-24(14-12-21)15-16-26-19-10-6-5-9-18(19)22/h2-10H,11-16H2,1H3,(H,23,25). The van der Waals surface area contributed by atoms with Crippen LogP contribution in [-0.2, 0) is 4.79 Å². The maximum Gasteiger partial charge on any atom is 0.230 e. The van der Waals surface area contributed by atoms with Crippen LogP contribution < -0.4 is 10.1 Å². The number of likely N-dealkylation sites (tertiary alicyclic amines) is 1. The average Bonchev–Trinajstić information content (AvgIpc) is 2.66. The van der Waals surface area contributed by atoms with Gasteiger partial charge in [0.25, 0.3) is 0 Å². The Bertz CT molecular complexity index is 728. The van der Waals surface area contributed by atoms with Gasteiger partial charge >= 0.3 is 0 Å². The second-order valence-corrected chi connectivity index (χ2v) is 7.00. The van der Waals surface area contributed by atoms with Crippen LogP contribution in [0.5, 0.6) is 5.75 Å². The Morgan fingerprint density at radius 3 is 2.46 bits per heavy atom. The van der Waals surface area contributed by atoms with Gasteiger partial charge in [0, 0.05) is 17.6 Å². The van der Waals surface area contributed by atoms with Crippen molar-refractivity contribution in [3.8, 4) is 5.75 Å². The number of hydrogen-bond acceptors (Lipinski definition) is 3. The van der Waals surface area contributed by atoms with E-state index < -0.39 is 0 Å². The lowest BCUT2D eigenvalue weighted by atomic mass is 9.79. The summed E-state index contributed by atoms with van der Waals surface area (Å²) in [7, 11) is 0. The van der Waals surface area contributed by atoms with Crippen LogP contribution in [0.4, 0.5) is 10.1 Å². The monoisotopic (exact) mass is 356 g/mol. The number of benzene rings is 2. The maximum absolute atomic E-state index is 13.5. The summed E-state index contributed by atoms with van der Waals surface area (Å²) in [6.45, 7) is 4.86. The molecule has 5 heteroatoms. The van der Waals surface area contributed by atoms with Gasteiger partial charge in [0.15, 0.2) is 11.6 Å². The first-order valence-electron chi connectivity index (χ1n) is 9.03. The van der Waals surface area contributed by atoms with Crippen LogP contribution in [0.3, 0.4) is 0 Å². The third-order valence-electron chi connectivity index (χ3n) is 5.04. The van der Waals surface area contributed by atoms with Gasteiger partial charge in [-0.25, -0.2) is 4.39 Å². The van der Waals surface area contributed by atoms with E-state index in [1.54, 1.807) is 18.2 Å². The lowest BCUT2D eigenvalue weighted by Crippen LogP contribution is -2.45. The molecule has 1 heterocycles. The van der Waals surface area contributed by atoms with Crippen LogP contribution in [0, 0.1) is 11.2 Å². The van der Waals surface area contributed by atoms with Crippen LogP contribution in [0.1, 0.15) is 19.8 Å². The van der Waals surface area contributed by atoms with E-state index in [2.05, 4.69) is 10.2 Å². The molecule has 0 radical (unpaired) electrons. The molecule has 1 amide bonds. The van der Waals surface area contributed by atoms with Crippen LogP contribution in [0.2, 0.25) is 0 Å². The highest BCUT2D eigenvalue weighted by molar-refractivity contribution is 5.95. The van der Waals surface area contributed by atoms with Gasteiger partial charge in [0.1, 0.15) is 6.61 Å². The molecular weight excluding hydrogens is 331 g/mol. The molecular formula is C21H25FN2O2. The summed E-state index contributed by atoms with van der Waals surface area (Å²) in [4.78, 5) is 14.9. The van der Waals surface area contributed by atoms with Crippen molar-refractivity contribution in [2.24, 2.45) is 5.41 Å². The van der Waals surface area contributed by atoms with E-state index >= 15 is 0 Å². The first-order chi connectivity index (χ1) is 12.6. The molecule has 2 aromatic rings. The number of rotatable bonds is 6. The molecule has 0 bridgehead atoms. The van der Waals surface area contributed by atoms with Crippen molar-refractivity contribution in [1.29, 1.82) is 0 Å². The first-order valence-corrected chi connectivity index (χ1v) is 9.03. The summed E-state index contributed by atoms with van der Waals surface area (Å²) in [6.07, 6.45) is 1.59. The third-order valence-corrected chi connectivity index (χ3v) is 5.04. The molecule has 0 unspecified atom stereocenters. The molecule has 1 fully saturated rings. The van der Waals surface area contributed by atoms with Gasteiger partial charge in [-0.05, 0) is 50.2 Å². The fraction of sp³-hybridized carbons (Fsp3) is 0.381. The molecule has 1 aliphatic rings. The van der Waals surface area contributed by atoms with Crippen molar-refractivity contribution in [2.75, 3.05) is 31.6 Å². The number of nitrogens with one attached hydrogen (secondary N) is 1. The Labute approximate surface area is 154 Å². The molecule has 0 atom stereocenters. The Morgan fingerprint density at radius 2 is 1.77 bits per heavy atom. The molecule has 26 heavy (non-hydrogen) atoms. The summed E-state index contributed by atoms with van der Waals surface area (Å²) < 4.78 is 19.1. The van der Waals surface area contributed by atoms with E-state index in [1.807, 2.05) is 37.3 Å². The van der Waals surface area contributed by atoms with Gasteiger partial charge in [-0.3, -0.25) is 9.69 Å². The van der Waals surface area contributed by atoms with Crippen LogP contribution in [-0.4, -0.2) is 37.0 Å². The van der Waals surface area contributed by atoms with Crippen molar-refractivity contribution in [3.05, 3.63) is 60.4 Å². The number of anilines is 1. The van der Waals surface area contributed by atoms with E-state index in [4.69, 9.17) is 4.74 Å². The molecule has 1 aliphatic heterocycles. The lowest BCUT2D eigenvalue weighted by molar-refractivity contribution is -0.127. The van der Waals surface area contributed by atoms with Gasteiger partial charge in [0.2, 0.25) is 5.91 Å². The molecule has 1 saturated heterocycles. The number of halogens is 1. The van der Waals surface area contributed by atoms with Gasteiger partial charge in [-0.2, -0.15) is 0 Å².